The van der Waals surface area contributed by atoms with Gasteiger partial charge in [-0.05, 0) is 55.7 Å². The van der Waals surface area contributed by atoms with Crippen LogP contribution in [0.2, 0.25) is 0 Å². The third kappa shape index (κ3) is 6.59. The molecule has 0 unspecified atom stereocenters. The van der Waals surface area contributed by atoms with Gasteiger partial charge in [0.2, 0.25) is 0 Å². The van der Waals surface area contributed by atoms with Gasteiger partial charge in [-0.2, -0.15) is 5.10 Å². The number of hydrazone groups is 1. The maximum absolute atomic E-state index is 12.2. The van der Waals surface area contributed by atoms with Gasteiger partial charge in [0.05, 0.1) is 25.6 Å². The maximum Gasteiger partial charge on any atom is 0.329 e. The number of ether oxygens (including phenoxy) is 2. The van der Waals surface area contributed by atoms with Crippen molar-refractivity contribution in [2.24, 2.45) is 5.10 Å². The summed E-state index contributed by atoms with van der Waals surface area (Å²) in [4.78, 5) is 37.6. The van der Waals surface area contributed by atoms with E-state index in [4.69, 9.17) is 13.9 Å². The molecule has 2 aromatic rings. The largest absolute Gasteiger partial charge is 0.490 e. The summed E-state index contributed by atoms with van der Waals surface area (Å²) >= 11 is 0. The van der Waals surface area contributed by atoms with E-state index in [1.165, 1.54) is 12.5 Å². The first-order valence-electron chi connectivity index (χ1n) is 10.4. The van der Waals surface area contributed by atoms with Gasteiger partial charge < -0.3 is 24.1 Å². The number of benzene rings is 1. The van der Waals surface area contributed by atoms with Crippen molar-refractivity contribution in [1.29, 1.82) is 0 Å². The second-order valence-electron chi connectivity index (χ2n) is 6.98. The minimum Gasteiger partial charge on any atom is -0.490 e. The molecule has 1 aliphatic heterocycles. The van der Waals surface area contributed by atoms with E-state index in [1.807, 2.05) is 6.92 Å². The first-order valence-corrected chi connectivity index (χ1v) is 10.4. The molecule has 170 valence electrons. The topological polar surface area (TPSA) is 122 Å². The number of rotatable bonds is 9. The van der Waals surface area contributed by atoms with Gasteiger partial charge in [0.25, 0.3) is 5.91 Å². The highest BCUT2D eigenvalue weighted by Gasteiger charge is 2.19. The van der Waals surface area contributed by atoms with Crippen molar-refractivity contribution in [3.8, 4) is 11.5 Å². The second kappa shape index (κ2) is 11.5. The lowest BCUT2D eigenvalue weighted by atomic mass is 10.2. The highest BCUT2D eigenvalue weighted by Crippen LogP contribution is 2.28. The molecule has 1 aromatic heterocycles. The lowest BCUT2D eigenvalue weighted by Crippen LogP contribution is -2.37. The van der Waals surface area contributed by atoms with Crippen molar-refractivity contribution in [3.63, 3.8) is 0 Å². The molecule has 1 fully saturated rings. The second-order valence-corrected chi connectivity index (χ2v) is 6.98. The van der Waals surface area contributed by atoms with E-state index in [2.05, 4.69) is 15.8 Å². The third-order valence-corrected chi connectivity index (χ3v) is 4.67. The van der Waals surface area contributed by atoms with Crippen molar-refractivity contribution in [2.75, 3.05) is 26.3 Å². The molecule has 0 atom stereocenters. The molecule has 0 radical (unpaired) electrons. The van der Waals surface area contributed by atoms with Gasteiger partial charge in [0.1, 0.15) is 5.76 Å². The number of nitrogens with one attached hydrogen (secondary N) is 2. The number of carbonyl (C=O) groups is 3. The van der Waals surface area contributed by atoms with Crippen LogP contribution in [-0.4, -0.2) is 55.1 Å². The maximum atomic E-state index is 12.2. The highest BCUT2D eigenvalue weighted by molar-refractivity contribution is 6.35. The molecule has 3 rings (SSSR count). The van der Waals surface area contributed by atoms with Crippen molar-refractivity contribution in [2.45, 2.75) is 26.3 Å². The first-order chi connectivity index (χ1) is 15.6. The average Bonchev–Trinajstić information content (AvgIpc) is 3.51. The Hall–Kier alpha value is -3.82. The first kappa shape index (κ1) is 22.9. The molecule has 10 heteroatoms. The molecular weight excluding hydrogens is 416 g/mol. The summed E-state index contributed by atoms with van der Waals surface area (Å²) in [6, 6.07) is 8.41. The van der Waals surface area contributed by atoms with Crippen molar-refractivity contribution < 1.29 is 28.3 Å². The predicted octanol–water partition coefficient (Wildman–Crippen LogP) is 1.45. The molecule has 0 aliphatic carbocycles. The van der Waals surface area contributed by atoms with E-state index in [0.717, 1.165) is 25.9 Å². The van der Waals surface area contributed by atoms with Gasteiger partial charge >= 0.3 is 11.8 Å². The number of hydrogen-bond donors (Lipinski definition) is 2. The van der Waals surface area contributed by atoms with E-state index < -0.39 is 11.8 Å². The van der Waals surface area contributed by atoms with Gasteiger partial charge in [0, 0.05) is 13.1 Å². The smallest absolute Gasteiger partial charge is 0.329 e. The third-order valence-electron chi connectivity index (χ3n) is 4.67. The number of amides is 3. The van der Waals surface area contributed by atoms with Gasteiger partial charge in [-0.25, -0.2) is 5.43 Å². The Labute approximate surface area is 185 Å². The predicted molar refractivity (Wildman–Crippen MR) is 115 cm³/mol. The van der Waals surface area contributed by atoms with Crippen LogP contribution in [0.5, 0.6) is 11.5 Å². The van der Waals surface area contributed by atoms with Crippen LogP contribution >= 0.6 is 0 Å². The monoisotopic (exact) mass is 442 g/mol. The SMILES string of the molecule is CCOc1cc(/C=N/NC(=O)C(=O)NCc2ccco2)ccc1OCC(=O)N1CCCC1. The Morgan fingerprint density at radius 1 is 1.12 bits per heavy atom. The lowest BCUT2D eigenvalue weighted by Gasteiger charge is -2.17. The molecule has 1 aliphatic rings. The van der Waals surface area contributed by atoms with Gasteiger partial charge in [0.15, 0.2) is 18.1 Å². The van der Waals surface area contributed by atoms with E-state index in [0.29, 0.717) is 29.4 Å². The summed E-state index contributed by atoms with van der Waals surface area (Å²) in [7, 11) is 0. The zero-order chi connectivity index (χ0) is 22.8. The van der Waals surface area contributed by atoms with Gasteiger partial charge in [-0.3, -0.25) is 14.4 Å². The lowest BCUT2D eigenvalue weighted by molar-refractivity contribution is -0.139. The highest BCUT2D eigenvalue weighted by atomic mass is 16.5. The summed E-state index contributed by atoms with van der Waals surface area (Å²) in [6.45, 7) is 3.81. The Balaban J connectivity index is 1.52. The number of carbonyl (C=O) groups excluding carboxylic acids is 3. The Bertz CT molecular complexity index is 951. The molecule has 32 heavy (non-hydrogen) atoms. The zero-order valence-electron chi connectivity index (χ0n) is 17.8. The van der Waals surface area contributed by atoms with Crippen LogP contribution < -0.4 is 20.2 Å². The molecule has 10 nitrogen and oxygen atoms in total. The average molecular weight is 442 g/mol. The molecule has 2 N–H and O–H groups in total. The number of likely N-dealkylation sites (tertiary alicyclic amines) is 1. The summed E-state index contributed by atoms with van der Waals surface area (Å²) < 4.78 is 16.3. The van der Waals surface area contributed by atoms with Crippen LogP contribution in [0.25, 0.3) is 0 Å². The van der Waals surface area contributed by atoms with Crippen LogP contribution in [-0.2, 0) is 20.9 Å². The number of nitrogens with zero attached hydrogens (tertiary/aromatic N) is 2. The van der Waals surface area contributed by atoms with Crippen molar-refractivity contribution in [1.82, 2.24) is 15.6 Å². The molecule has 0 bridgehead atoms. The molecule has 3 amide bonds. The zero-order valence-corrected chi connectivity index (χ0v) is 17.8. The Kier molecular flexibility index (Phi) is 8.24. The van der Waals surface area contributed by atoms with E-state index in [9.17, 15) is 14.4 Å². The Morgan fingerprint density at radius 2 is 1.94 bits per heavy atom. The number of hydrogen-bond acceptors (Lipinski definition) is 7. The fourth-order valence-electron chi connectivity index (χ4n) is 3.07. The molecule has 2 heterocycles. The van der Waals surface area contributed by atoms with Gasteiger partial charge in [-0.15, -0.1) is 0 Å². The molecule has 1 saturated heterocycles. The van der Waals surface area contributed by atoms with Gasteiger partial charge in [-0.1, -0.05) is 0 Å². The van der Waals surface area contributed by atoms with E-state index in [-0.39, 0.29) is 19.1 Å². The van der Waals surface area contributed by atoms with Crippen LogP contribution in [0, 0.1) is 0 Å². The van der Waals surface area contributed by atoms with Crippen LogP contribution in [0.4, 0.5) is 0 Å². The summed E-state index contributed by atoms with van der Waals surface area (Å²) in [6.07, 6.45) is 4.89. The quantitative estimate of drug-likeness (QED) is 0.344. The van der Waals surface area contributed by atoms with E-state index in [1.54, 1.807) is 35.2 Å². The number of furan rings is 1. The molecular formula is C22H26N4O6. The Morgan fingerprint density at radius 3 is 2.66 bits per heavy atom. The van der Waals surface area contributed by atoms with Crippen molar-refractivity contribution >= 4 is 23.9 Å². The summed E-state index contributed by atoms with van der Waals surface area (Å²) in [5.41, 5.74) is 2.78. The fraction of sp³-hybridized carbons (Fsp3) is 0.364. The van der Waals surface area contributed by atoms with Crippen LogP contribution in [0.1, 0.15) is 31.1 Å². The summed E-state index contributed by atoms with van der Waals surface area (Å²) in [5, 5.41) is 6.22. The summed E-state index contributed by atoms with van der Waals surface area (Å²) in [5.74, 6) is -0.365. The molecule has 0 spiro atoms. The standard InChI is InChI=1S/C22H26N4O6/c1-2-30-19-12-16(7-8-18(19)32-15-20(27)26-9-3-4-10-26)13-24-25-22(29)21(28)23-14-17-6-5-11-31-17/h5-8,11-13H,2-4,9-10,14-15H2,1H3,(H,23,28)(H,25,29)/b24-13+. The minimum atomic E-state index is -0.904. The molecule has 1 aromatic carbocycles. The fourth-order valence-corrected chi connectivity index (χ4v) is 3.07. The van der Waals surface area contributed by atoms with Crippen molar-refractivity contribution in [3.05, 3.63) is 47.9 Å². The van der Waals surface area contributed by atoms with Crippen LogP contribution in [0.15, 0.2) is 46.1 Å². The van der Waals surface area contributed by atoms with E-state index >= 15 is 0 Å². The van der Waals surface area contributed by atoms with Crippen LogP contribution in [0.3, 0.4) is 0 Å². The molecule has 0 saturated carbocycles. The minimum absolute atomic E-state index is 0.0522. The normalized spacial score (nSPS) is 13.2.